The van der Waals surface area contributed by atoms with Gasteiger partial charge in [0.05, 0.1) is 5.57 Å². The zero-order valence-electron chi connectivity index (χ0n) is 12.6. The van der Waals surface area contributed by atoms with Gasteiger partial charge in [-0.15, -0.1) is 0 Å². The van der Waals surface area contributed by atoms with Gasteiger partial charge in [0.2, 0.25) is 0 Å². The summed E-state index contributed by atoms with van der Waals surface area (Å²) < 4.78 is 5.19. The van der Waals surface area contributed by atoms with Crippen LogP contribution in [-0.4, -0.2) is 17.8 Å². The van der Waals surface area contributed by atoms with Crippen molar-refractivity contribution >= 4 is 29.4 Å². The van der Waals surface area contributed by atoms with Crippen LogP contribution in [0.1, 0.15) is 11.1 Å². The van der Waals surface area contributed by atoms with E-state index in [2.05, 4.69) is 5.32 Å². The number of imide groups is 1. The van der Waals surface area contributed by atoms with Crippen molar-refractivity contribution in [3.63, 3.8) is 0 Å². The Bertz CT molecular complexity index is 849. The third-order valence-corrected chi connectivity index (χ3v) is 3.35. The lowest BCUT2D eigenvalue weighted by Crippen LogP contribution is -2.21. The van der Waals surface area contributed by atoms with Gasteiger partial charge in [-0.05, 0) is 29.3 Å². The molecule has 2 amide bonds. The van der Waals surface area contributed by atoms with Crippen LogP contribution in [0.3, 0.4) is 0 Å². The van der Waals surface area contributed by atoms with Crippen LogP contribution in [0.4, 0.5) is 0 Å². The fraction of sp³-hybridized carbons (Fsp3) is 0. The predicted octanol–water partition coefficient (Wildman–Crippen LogP) is 2.35. The third kappa shape index (κ3) is 3.64. The zero-order chi connectivity index (χ0) is 16.9. The number of esters is 1. The van der Waals surface area contributed by atoms with Crippen LogP contribution in [0.5, 0.6) is 5.75 Å². The lowest BCUT2D eigenvalue weighted by molar-refractivity contribution is -0.129. The van der Waals surface area contributed by atoms with Crippen molar-refractivity contribution in [2.75, 3.05) is 0 Å². The van der Waals surface area contributed by atoms with Crippen LogP contribution >= 0.6 is 0 Å². The molecule has 0 aliphatic carbocycles. The topological polar surface area (TPSA) is 72.5 Å². The quantitative estimate of drug-likeness (QED) is 0.406. The van der Waals surface area contributed by atoms with Crippen molar-refractivity contribution < 1.29 is 19.1 Å². The number of rotatable bonds is 4. The van der Waals surface area contributed by atoms with Gasteiger partial charge in [-0.25, -0.2) is 4.79 Å². The number of nitrogens with one attached hydrogen (secondary N) is 1. The number of amides is 2. The zero-order valence-corrected chi connectivity index (χ0v) is 12.6. The van der Waals surface area contributed by atoms with Gasteiger partial charge in [0.15, 0.2) is 0 Å². The minimum Gasteiger partial charge on any atom is -0.423 e. The first kappa shape index (κ1) is 15.4. The number of hydrogen-bond donors (Lipinski definition) is 1. The maximum absolute atomic E-state index is 11.8. The SMILES string of the molecule is O=C1C=C(c2ccc(OC(=O)C=Cc3ccccc3)cc2)C(=O)N1. The summed E-state index contributed by atoms with van der Waals surface area (Å²) in [6.07, 6.45) is 4.25. The number of hydrogen-bond acceptors (Lipinski definition) is 4. The molecule has 2 aromatic carbocycles. The van der Waals surface area contributed by atoms with Crippen LogP contribution in [0.2, 0.25) is 0 Å². The average Bonchev–Trinajstić information content (AvgIpc) is 2.93. The molecule has 0 spiro atoms. The smallest absolute Gasteiger partial charge is 0.336 e. The van der Waals surface area contributed by atoms with E-state index in [1.54, 1.807) is 30.3 Å². The van der Waals surface area contributed by atoms with Crippen molar-refractivity contribution in [2.24, 2.45) is 0 Å². The van der Waals surface area contributed by atoms with E-state index >= 15 is 0 Å². The first-order chi connectivity index (χ1) is 11.6. The van der Waals surface area contributed by atoms with Gasteiger partial charge >= 0.3 is 5.97 Å². The van der Waals surface area contributed by atoms with E-state index in [0.717, 1.165) is 5.56 Å². The summed E-state index contributed by atoms with van der Waals surface area (Å²) in [5.74, 6) is -1.02. The summed E-state index contributed by atoms with van der Waals surface area (Å²) in [5, 5.41) is 2.18. The van der Waals surface area contributed by atoms with Crippen LogP contribution in [0.25, 0.3) is 11.6 Å². The van der Waals surface area contributed by atoms with E-state index in [1.165, 1.54) is 12.2 Å². The minimum absolute atomic E-state index is 0.293. The highest BCUT2D eigenvalue weighted by atomic mass is 16.5. The number of ether oxygens (including phenoxy) is 1. The van der Waals surface area contributed by atoms with E-state index in [9.17, 15) is 14.4 Å². The molecule has 1 heterocycles. The Hall–Kier alpha value is -3.47. The van der Waals surface area contributed by atoms with Crippen LogP contribution in [-0.2, 0) is 14.4 Å². The molecule has 0 bridgehead atoms. The van der Waals surface area contributed by atoms with E-state index in [4.69, 9.17) is 4.74 Å². The fourth-order valence-corrected chi connectivity index (χ4v) is 2.21. The second kappa shape index (κ2) is 6.75. The van der Waals surface area contributed by atoms with Crippen molar-refractivity contribution in [1.29, 1.82) is 0 Å². The third-order valence-electron chi connectivity index (χ3n) is 3.35. The molecule has 1 aliphatic rings. The van der Waals surface area contributed by atoms with Crippen LogP contribution in [0, 0.1) is 0 Å². The normalized spacial score (nSPS) is 13.8. The van der Waals surface area contributed by atoms with Crippen molar-refractivity contribution in [1.82, 2.24) is 5.32 Å². The monoisotopic (exact) mass is 319 g/mol. The number of benzene rings is 2. The summed E-state index contributed by atoms with van der Waals surface area (Å²) in [4.78, 5) is 34.5. The Morgan fingerprint density at radius 1 is 0.958 bits per heavy atom. The summed E-state index contributed by atoms with van der Waals surface area (Å²) in [6.45, 7) is 0. The molecular weight excluding hydrogens is 306 g/mol. The largest absolute Gasteiger partial charge is 0.423 e. The van der Waals surface area contributed by atoms with Crippen molar-refractivity contribution in [3.05, 3.63) is 77.9 Å². The van der Waals surface area contributed by atoms with Gasteiger partial charge in [0.25, 0.3) is 11.8 Å². The molecule has 0 saturated carbocycles. The average molecular weight is 319 g/mol. The summed E-state index contributed by atoms with van der Waals surface area (Å²) >= 11 is 0. The molecule has 118 valence electrons. The van der Waals surface area contributed by atoms with Gasteiger partial charge in [0, 0.05) is 12.2 Å². The van der Waals surface area contributed by atoms with Gasteiger partial charge in [-0.3, -0.25) is 14.9 Å². The molecule has 0 saturated heterocycles. The molecule has 0 fully saturated rings. The summed E-state index contributed by atoms with van der Waals surface area (Å²) in [5.41, 5.74) is 1.77. The summed E-state index contributed by atoms with van der Waals surface area (Å²) in [6, 6.07) is 15.8. The molecule has 3 rings (SSSR count). The highest BCUT2D eigenvalue weighted by molar-refractivity contribution is 6.33. The van der Waals surface area contributed by atoms with Gasteiger partial charge in [0.1, 0.15) is 5.75 Å². The molecule has 0 unspecified atom stereocenters. The van der Waals surface area contributed by atoms with Gasteiger partial charge < -0.3 is 4.74 Å². The lowest BCUT2D eigenvalue weighted by Gasteiger charge is -2.04. The molecular formula is C19H13NO4. The van der Waals surface area contributed by atoms with E-state index < -0.39 is 17.8 Å². The number of carbonyl (C=O) groups is 3. The maximum Gasteiger partial charge on any atom is 0.336 e. The van der Waals surface area contributed by atoms with Gasteiger partial charge in [-0.1, -0.05) is 42.5 Å². The highest BCUT2D eigenvalue weighted by Crippen LogP contribution is 2.21. The Balaban J connectivity index is 1.65. The molecule has 1 aliphatic heterocycles. The van der Waals surface area contributed by atoms with Gasteiger partial charge in [-0.2, -0.15) is 0 Å². The molecule has 24 heavy (non-hydrogen) atoms. The Morgan fingerprint density at radius 3 is 2.29 bits per heavy atom. The van der Waals surface area contributed by atoms with Crippen molar-refractivity contribution in [2.45, 2.75) is 0 Å². The Morgan fingerprint density at radius 2 is 1.67 bits per heavy atom. The fourth-order valence-electron chi connectivity index (χ4n) is 2.21. The molecule has 5 heteroatoms. The molecule has 2 aromatic rings. The lowest BCUT2D eigenvalue weighted by atomic mass is 10.1. The Labute approximate surface area is 138 Å². The minimum atomic E-state index is -0.500. The molecule has 0 atom stereocenters. The van der Waals surface area contributed by atoms with Crippen LogP contribution < -0.4 is 10.1 Å². The maximum atomic E-state index is 11.8. The first-order valence-corrected chi connectivity index (χ1v) is 7.24. The molecule has 0 aromatic heterocycles. The second-order valence-electron chi connectivity index (χ2n) is 5.07. The van der Waals surface area contributed by atoms with Crippen LogP contribution in [0.15, 0.2) is 66.7 Å². The second-order valence-corrected chi connectivity index (χ2v) is 5.07. The standard InChI is InChI=1S/C19H13NO4/c21-17-12-16(19(23)20-17)14-7-9-15(10-8-14)24-18(22)11-6-13-4-2-1-3-5-13/h1-12H,(H,20,21,23). The predicted molar refractivity (Wildman–Crippen MR) is 88.7 cm³/mol. The van der Waals surface area contributed by atoms with Crippen molar-refractivity contribution in [3.8, 4) is 5.75 Å². The first-order valence-electron chi connectivity index (χ1n) is 7.24. The van der Waals surface area contributed by atoms with E-state index in [1.807, 2.05) is 30.3 Å². The molecule has 0 radical (unpaired) electrons. The summed E-state index contributed by atoms with van der Waals surface area (Å²) in [7, 11) is 0. The Kier molecular flexibility index (Phi) is 4.34. The van der Waals surface area contributed by atoms with E-state index in [0.29, 0.717) is 16.9 Å². The number of carbonyl (C=O) groups excluding carboxylic acids is 3. The molecule has 5 nitrogen and oxygen atoms in total. The van der Waals surface area contributed by atoms with E-state index in [-0.39, 0.29) is 0 Å². The highest BCUT2D eigenvalue weighted by Gasteiger charge is 2.21. The molecule has 1 N–H and O–H groups in total.